The van der Waals surface area contributed by atoms with E-state index in [1.54, 1.807) is 12.1 Å². The van der Waals surface area contributed by atoms with Crippen molar-refractivity contribution in [3.8, 4) is 11.5 Å². The SMILES string of the molecule is Fc1ccc(CNc2ccccc2OCCOc2ccccc2)cc1. The average molecular weight is 337 g/mol. The summed E-state index contributed by atoms with van der Waals surface area (Å²) < 4.78 is 24.4. The molecular formula is C21H20FNO2. The summed E-state index contributed by atoms with van der Waals surface area (Å²) in [5.74, 6) is 1.36. The summed E-state index contributed by atoms with van der Waals surface area (Å²) in [6.07, 6.45) is 0. The molecular weight excluding hydrogens is 317 g/mol. The normalized spacial score (nSPS) is 10.3. The largest absolute Gasteiger partial charge is 0.490 e. The Kier molecular flexibility index (Phi) is 5.88. The number of ether oxygens (including phenoxy) is 2. The van der Waals surface area contributed by atoms with Gasteiger partial charge in [0.2, 0.25) is 0 Å². The first-order valence-corrected chi connectivity index (χ1v) is 8.19. The highest BCUT2D eigenvalue weighted by Gasteiger charge is 2.03. The zero-order chi connectivity index (χ0) is 17.3. The van der Waals surface area contributed by atoms with Gasteiger partial charge in [-0.3, -0.25) is 0 Å². The molecule has 0 aromatic heterocycles. The van der Waals surface area contributed by atoms with Crippen LogP contribution < -0.4 is 14.8 Å². The van der Waals surface area contributed by atoms with Crippen molar-refractivity contribution in [2.75, 3.05) is 18.5 Å². The second kappa shape index (κ2) is 8.73. The van der Waals surface area contributed by atoms with E-state index >= 15 is 0 Å². The van der Waals surface area contributed by atoms with Gasteiger partial charge < -0.3 is 14.8 Å². The number of hydrogen-bond acceptors (Lipinski definition) is 3. The number of hydrogen-bond donors (Lipinski definition) is 1. The highest BCUT2D eigenvalue weighted by atomic mass is 19.1. The third-order valence-corrected chi connectivity index (χ3v) is 3.64. The topological polar surface area (TPSA) is 30.5 Å². The van der Waals surface area contributed by atoms with Gasteiger partial charge in [-0.25, -0.2) is 4.39 Å². The maximum absolute atomic E-state index is 13.0. The number of rotatable bonds is 8. The lowest BCUT2D eigenvalue weighted by Gasteiger charge is -2.14. The van der Waals surface area contributed by atoms with Gasteiger partial charge in [-0.2, -0.15) is 0 Å². The van der Waals surface area contributed by atoms with Crippen molar-refractivity contribution in [3.05, 3.63) is 90.2 Å². The lowest BCUT2D eigenvalue weighted by Crippen LogP contribution is -2.10. The smallest absolute Gasteiger partial charge is 0.142 e. The van der Waals surface area contributed by atoms with Crippen LogP contribution in [0.2, 0.25) is 0 Å². The summed E-state index contributed by atoms with van der Waals surface area (Å²) >= 11 is 0. The van der Waals surface area contributed by atoms with Crippen LogP contribution in [0.4, 0.5) is 10.1 Å². The molecule has 0 fully saturated rings. The van der Waals surface area contributed by atoms with Gasteiger partial charge in [-0.15, -0.1) is 0 Å². The molecule has 0 aliphatic heterocycles. The van der Waals surface area contributed by atoms with Crippen molar-refractivity contribution in [2.24, 2.45) is 0 Å². The first-order chi connectivity index (χ1) is 12.3. The van der Waals surface area contributed by atoms with Crippen molar-refractivity contribution in [1.82, 2.24) is 0 Å². The molecule has 3 aromatic carbocycles. The number of nitrogens with one attached hydrogen (secondary N) is 1. The minimum Gasteiger partial charge on any atom is -0.490 e. The molecule has 3 rings (SSSR count). The van der Waals surface area contributed by atoms with Crippen molar-refractivity contribution < 1.29 is 13.9 Å². The first-order valence-electron chi connectivity index (χ1n) is 8.19. The van der Waals surface area contributed by atoms with Gasteiger partial charge in [-0.05, 0) is 42.0 Å². The molecule has 4 heteroatoms. The van der Waals surface area contributed by atoms with Crippen molar-refractivity contribution in [2.45, 2.75) is 6.54 Å². The summed E-state index contributed by atoms with van der Waals surface area (Å²) in [4.78, 5) is 0. The van der Waals surface area contributed by atoms with Crippen LogP contribution in [-0.4, -0.2) is 13.2 Å². The van der Waals surface area contributed by atoms with E-state index < -0.39 is 0 Å². The predicted octanol–water partition coefficient (Wildman–Crippen LogP) is 4.90. The highest BCUT2D eigenvalue weighted by Crippen LogP contribution is 2.24. The third kappa shape index (κ3) is 5.24. The Morgan fingerprint density at radius 2 is 1.40 bits per heavy atom. The van der Waals surface area contributed by atoms with Gasteiger partial charge in [0.1, 0.15) is 30.5 Å². The summed E-state index contributed by atoms with van der Waals surface area (Å²) in [6.45, 7) is 1.52. The van der Waals surface area contributed by atoms with Crippen molar-refractivity contribution >= 4 is 5.69 Å². The van der Waals surface area contributed by atoms with E-state index in [9.17, 15) is 4.39 Å². The standard InChI is InChI=1S/C21H20FNO2/c22-18-12-10-17(11-13-18)16-23-20-8-4-5-9-21(20)25-15-14-24-19-6-2-1-3-7-19/h1-13,23H,14-16H2. The summed E-state index contributed by atoms with van der Waals surface area (Å²) in [5.41, 5.74) is 1.90. The molecule has 0 bridgehead atoms. The Bertz CT molecular complexity index is 775. The van der Waals surface area contributed by atoms with Crippen LogP contribution >= 0.6 is 0 Å². The van der Waals surface area contributed by atoms with Crippen molar-refractivity contribution in [1.29, 1.82) is 0 Å². The highest BCUT2D eigenvalue weighted by molar-refractivity contribution is 5.56. The summed E-state index contributed by atoms with van der Waals surface area (Å²) in [5, 5.41) is 3.32. The van der Waals surface area contributed by atoms with Crippen LogP contribution in [0.15, 0.2) is 78.9 Å². The van der Waals surface area contributed by atoms with Crippen LogP contribution in [-0.2, 0) is 6.54 Å². The van der Waals surface area contributed by atoms with Gasteiger partial charge in [-0.1, -0.05) is 42.5 Å². The predicted molar refractivity (Wildman–Crippen MR) is 97.6 cm³/mol. The Hall–Kier alpha value is -3.01. The van der Waals surface area contributed by atoms with Crippen LogP contribution in [0.25, 0.3) is 0 Å². The van der Waals surface area contributed by atoms with Crippen LogP contribution in [0.1, 0.15) is 5.56 Å². The molecule has 0 saturated carbocycles. The molecule has 3 aromatic rings. The number of benzene rings is 3. The van der Waals surface area contributed by atoms with E-state index in [1.807, 2.05) is 54.6 Å². The minimum atomic E-state index is -0.231. The van der Waals surface area contributed by atoms with Gasteiger partial charge in [0.25, 0.3) is 0 Å². The molecule has 0 atom stereocenters. The zero-order valence-corrected chi connectivity index (χ0v) is 13.8. The maximum atomic E-state index is 13.0. The minimum absolute atomic E-state index is 0.231. The molecule has 0 heterocycles. The molecule has 25 heavy (non-hydrogen) atoms. The molecule has 0 spiro atoms. The molecule has 1 N–H and O–H groups in total. The molecule has 0 aliphatic carbocycles. The number of halogens is 1. The molecule has 0 aliphatic rings. The average Bonchev–Trinajstić information content (AvgIpc) is 2.66. The first kappa shape index (κ1) is 16.8. The second-order valence-corrected chi connectivity index (χ2v) is 5.49. The molecule has 0 saturated heterocycles. The fourth-order valence-electron chi connectivity index (χ4n) is 2.37. The van der Waals surface area contributed by atoms with E-state index in [-0.39, 0.29) is 5.82 Å². The quantitative estimate of drug-likeness (QED) is 0.593. The summed E-state index contributed by atoms with van der Waals surface area (Å²) in [7, 11) is 0. The monoisotopic (exact) mass is 337 g/mol. The van der Waals surface area contributed by atoms with Gasteiger partial charge >= 0.3 is 0 Å². The Morgan fingerprint density at radius 1 is 0.720 bits per heavy atom. The second-order valence-electron chi connectivity index (χ2n) is 5.49. The molecule has 0 unspecified atom stereocenters. The van der Waals surface area contributed by atoms with E-state index in [2.05, 4.69) is 5.32 Å². The van der Waals surface area contributed by atoms with Gasteiger partial charge in [0.05, 0.1) is 5.69 Å². The van der Waals surface area contributed by atoms with Crippen LogP contribution in [0, 0.1) is 5.82 Å². The lowest BCUT2D eigenvalue weighted by molar-refractivity contribution is 0.218. The van der Waals surface area contributed by atoms with Crippen LogP contribution in [0.5, 0.6) is 11.5 Å². The Balaban J connectivity index is 1.51. The van der Waals surface area contributed by atoms with E-state index in [0.29, 0.717) is 19.8 Å². The summed E-state index contributed by atoms with van der Waals surface area (Å²) in [6, 6.07) is 23.8. The Labute approximate surface area is 147 Å². The number of para-hydroxylation sites is 3. The van der Waals surface area contributed by atoms with Gasteiger partial charge in [0.15, 0.2) is 0 Å². The van der Waals surface area contributed by atoms with Crippen LogP contribution in [0.3, 0.4) is 0 Å². The molecule has 0 amide bonds. The fourth-order valence-corrected chi connectivity index (χ4v) is 2.37. The molecule has 128 valence electrons. The van der Waals surface area contributed by atoms with E-state index in [0.717, 1.165) is 22.7 Å². The number of anilines is 1. The van der Waals surface area contributed by atoms with E-state index in [4.69, 9.17) is 9.47 Å². The van der Waals surface area contributed by atoms with Gasteiger partial charge in [0, 0.05) is 6.54 Å². The zero-order valence-electron chi connectivity index (χ0n) is 13.8. The van der Waals surface area contributed by atoms with E-state index in [1.165, 1.54) is 12.1 Å². The lowest BCUT2D eigenvalue weighted by atomic mass is 10.2. The molecule has 3 nitrogen and oxygen atoms in total. The Morgan fingerprint density at radius 3 is 2.20 bits per heavy atom. The molecule has 0 radical (unpaired) electrons. The maximum Gasteiger partial charge on any atom is 0.142 e. The third-order valence-electron chi connectivity index (χ3n) is 3.64. The van der Waals surface area contributed by atoms with Crippen molar-refractivity contribution in [3.63, 3.8) is 0 Å². The fraction of sp³-hybridized carbons (Fsp3) is 0.143.